The summed E-state index contributed by atoms with van der Waals surface area (Å²) in [6.07, 6.45) is 2.10. The molecule has 0 aliphatic rings. The van der Waals surface area contributed by atoms with Crippen LogP contribution in [0.1, 0.15) is 30.9 Å². The van der Waals surface area contributed by atoms with E-state index in [1.807, 2.05) is 6.92 Å². The molecule has 0 fully saturated rings. The molecule has 1 atom stereocenters. The van der Waals surface area contributed by atoms with Gasteiger partial charge in [0.25, 0.3) is 0 Å². The van der Waals surface area contributed by atoms with Gasteiger partial charge in [-0.25, -0.2) is 0 Å². The van der Waals surface area contributed by atoms with Crippen LogP contribution in [0.4, 0.5) is 0 Å². The van der Waals surface area contributed by atoms with Crippen LogP contribution in [-0.4, -0.2) is 13.7 Å². The van der Waals surface area contributed by atoms with Gasteiger partial charge >= 0.3 is 0 Å². The van der Waals surface area contributed by atoms with E-state index in [1.54, 1.807) is 7.11 Å². The van der Waals surface area contributed by atoms with Crippen LogP contribution in [0.2, 0.25) is 0 Å². The van der Waals surface area contributed by atoms with Gasteiger partial charge in [0.1, 0.15) is 0 Å². The maximum absolute atomic E-state index is 5.11. The maximum Gasteiger partial charge on any atom is 0.0528 e. The summed E-state index contributed by atoms with van der Waals surface area (Å²) in [6.45, 7) is 5.01. The maximum atomic E-state index is 5.11. The molecule has 1 rings (SSSR count). The summed E-state index contributed by atoms with van der Waals surface area (Å²) in [6, 6.07) is 8.61. The van der Waals surface area contributed by atoms with E-state index in [1.165, 1.54) is 11.1 Å². The van der Waals surface area contributed by atoms with E-state index >= 15 is 0 Å². The van der Waals surface area contributed by atoms with E-state index in [0.717, 1.165) is 6.61 Å². The molecule has 0 spiro atoms. The first-order valence-corrected chi connectivity index (χ1v) is 4.66. The molecule has 0 saturated carbocycles. The predicted molar refractivity (Wildman–Crippen MR) is 55.8 cm³/mol. The molecule has 71 valence electrons. The molecule has 1 nitrogen and oxygen atoms in total. The van der Waals surface area contributed by atoms with Crippen molar-refractivity contribution in [2.24, 2.45) is 0 Å². The highest BCUT2D eigenvalue weighted by Gasteiger charge is 2.03. The fraction of sp³-hybridized carbons (Fsp3) is 0.417. The third-order valence-electron chi connectivity index (χ3n) is 2.26. The summed E-state index contributed by atoms with van der Waals surface area (Å²) >= 11 is 0. The standard InChI is InChI=1S/C12H17O/c1-4-11-5-7-12(8-6-11)10(2)9-13-3/h4-8,10H,9H2,1-3H3. The third-order valence-corrected chi connectivity index (χ3v) is 2.26. The first-order chi connectivity index (χ1) is 6.27. The highest BCUT2D eigenvalue weighted by Crippen LogP contribution is 2.16. The number of hydrogen-bond acceptors (Lipinski definition) is 1. The molecule has 1 heteroatoms. The SMILES string of the molecule is C[CH]c1ccc(C(C)COC)cc1. The molecule has 0 aliphatic heterocycles. The van der Waals surface area contributed by atoms with Crippen LogP contribution < -0.4 is 0 Å². The largest absolute Gasteiger partial charge is 0.384 e. The van der Waals surface area contributed by atoms with Crippen molar-refractivity contribution in [1.29, 1.82) is 0 Å². The van der Waals surface area contributed by atoms with Crippen molar-refractivity contribution in [1.82, 2.24) is 0 Å². The summed E-state index contributed by atoms with van der Waals surface area (Å²) in [4.78, 5) is 0. The van der Waals surface area contributed by atoms with Gasteiger partial charge in [0.15, 0.2) is 0 Å². The van der Waals surface area contributed by atoms with Gasteiger partial charge in [0, 0.05) is 13.0 Å². The van der Waals surface area contributed by atoms with E-state index in [9.17, 15) is 0 Å². The van der Waals surface area contributed by atoms with Crippen LogP contribution >= 0.6 is 0 Å². The Balaban J connectivity index is 2.67. The first kappa shape index (κ1) is 10.3. The topological polar surface area (TPSA) is 9.23 Å². The van der Waals surface area contributed by atoms with Crippen molar-refractivity contribution in [2.45, 2.75) is 19.8 Å². The summed E-state index contributed by atoms with van der Waals surface area (Å²) in [5, 5.41) is 0. The lowest BCUT2D eigenvalue weighted by Crippen LogP contribution is -2.01. The van der Waals surface area contributed by atoms with E-state index in [2.05, 4.69) is 37.6 Å². The number of ether oxygens (including phenoxy) is 1. The van der Waals surface area contributed by atoms with Crippen molar-refractivity contribution >= 4 is 0 Å². The number of methoxy groups -OCH3 is 1. The molecule has 0 aromatic heterocycles. The smallest absolute Gasteiger partial charge is 0.0528 e. The summed E-state index contributed by atoms with van der Waals surface area (Å²) in [7, 11) is 1.74. The summed E-state index contributed by atoms with van der Waals surface area (Å²) < 4.78 is 5.11. The molecule has 0 heterocycles. The zero-order chi connectivity index (χ0) is 9.68. The van der Waals surface area contributed by atoms with E-state index in [-0.39, 0.29) is 0 Å². The Labute approximate surface area is 80.7 Å². The molecule has 1 aromatic carbocycles. The van der Waals surface area contributed by atoms with Crippen LogP contribution in [0.15, 0.2) is 24.3 Å². The Kier molecular flexibility index (Phi) is 3.97. The lowest BCUT2D eigenvalue weighted by Gasteiger charge is -2.10. The van der Waals surface area contributed by atoms with Crippen LogP contribution in [0.25, 0.3) is 0 Å². The van der Waals surface area contributed by atoms with Gasteiger partial charge in [-0.15, -0.1) is 0 Å². The second-order valence-electron chi connectivity index (χ2n) is 3.31. The number of hydrogen-bond donors (Lipinski definition) is 0. The third kappa shape index (κ3) is 2.85. The lowest BCUT2D eigenvalue weighted by molar-refractivity contribution is 0.184. The van der Waals surface area contributed by atoms with Gasteiger partial charge in [0.05, 0.1) is 6.61 Å². The van der Waals surface area contributed by atoms with Crippen molar-refractivity contribution < 1.29 is 4.74 Å². The Morgan fingerprint density at radius 3 is 2.38 bits per heavy atom. The molecule has 0 aliphatic carbocycles. The normalized spacial score (nSPS) is 12.8. The van der Waals surface area contributed by atoms with Gasteiger partial charge in [-0.05, 0) is 17.5 Å². The fourth-order valence-corrected chi connectivity index (χ4v) is 1.36. The van der Waals surface area contributed by atoms with Crippen molar-refractivity contribution in [3.63, 3.8) is 0 Å². The Morgan fingerprint density at radius 1 is 1.31 bits per heavy atom. The molecule has 0 N–H and O–H groups in total. The van der Waals surface area contributed by atoms with Gasteiger partial charge in [-0.1, -0.05) is 38.1 Å². The average molecular weight is 177 g/mol. The fourth-order valence-electron chi connectivity index (χ4n) is 1.36. The minimum absolute atomic E-state index is 0.482. The molecule has 0 bridgehead atoms. The van der Waals surface area contributed by atoms with Gasteiger partial charge in [0.2, 0.25) is 0 Å². The minimum Gasteiger partial charge on any atom is -0.384 e. The van der Waals surface area contributed by atoms with E-state index in [4.69, 9.17) is 4.74 Å². The van der Waals surface area contributed by atoms with Crippen molar-refractivity contribution in [3.05, 3.63) is 41.8 Å². The Morgan fingerprint density at radius 2 is 1.92 bits per heavy atom. The highest BCUT2D eigenvalue weighted by atomic mass is 16.5. The monoisotopic (exact) mass is 177 g/mol. The molecule has 1 radical (unpaired) electrons. The Hall–Kier alpha value is -0.820. The average Bonchev–Trinajstić information content (AvgIpc) is 2.18. The lowest BCUT2D eigenvalue weighted by atomic mass is 10.0. The molecule has 0 saturated heterocycles. The van der Waals surface area contributed by atoms with Crippen molar-refractivity contribution in [2.75, 3.05) is 13.7 Å². The summed E-state index contributed by atoms with van der Waals surface area (Å²) in [5.41, 5.74) is 2.61. The van der Waals surface area contributed by atoms with Crippen LogP contribution in [0.5, 0.6) is 0 Å². The van der Waals surface area contributed by atoms with Crippen molar-refractivity contribution in [3.8, 4) is 0 Å². The number of benzene rings is 1. The quantitative estimate of drug-likeness (QED) is 0.687. The predicted octanol–water partition coefficient (Wildman–Crippen LogP) is 3.01. The zero-order valence-corrected chi connectivity index (χ0v) is 8.58. The second-order valence-corrected chi connectivity index (χ2v) is 3.31. The zero-order valence-electron chi connectivity index (χ0n) is 8.58. The van der Waals surface area contributed by atoms with Gasteiger partial charge in [-0.2, -0.15) is 0 Å². The van der Waals surface area contributed by atoms with Gasteiger partial charge in [-0.3, -0.25) is 0 Å². The summed E-state index contributed by atoms with van der Waals surface area (Å²) in [5.74, 6) is 0.482. The molecular formula is C12H17O. The van der Waals surface area contributed by atoms with E-state index < -0.39 is 0 Å². The van der Waals surface area contributed by atoms with Gasteiger partial charge < -0.3 is 4.74 Å². The molecular weight excluding hydrogens is 160 g/mol. The Bertz CT molecular complexity index is 238. The highest BCUT2D eigenvalue weighted by molar-refractivity contribution is 5.28. The molecule has 13 heavy (non-hydrogen) atoms. The van der Waals surface area contributed by atoms with Crippen LogP contribution in [0.3, 0.4) is 0 Å². The molecule has 0 amide bonds. The second kappa shape index (κ2) is 5.03. The first-order valence-electron chi connectivity index (χ1n) is 4.66. The number of rotatable bonds is 4. The van der Waals surface area contributed by atoms with Crippen LogP contribution in [0, 0.1) is 6.42 Å². The minimum atomic E-state index is 0.482. The molecule has 1 unspecified atom stereocenters. The molecule has 1 aromatic rings. The van der Waals surface area contributed by atoms with Crippen LogP contribution in [-0.2, 0) is 4.74 Å². The van der Waals surface area contributed by atoms with E-state index in [0.29, 0.717) is 5.92 Å².